The zero-order valence-corrected chi connectivity index (χ0v) is 30.8. The second kappa shape index (κ2) is 11.4. The van der Waals surface area contributed by atoms with Crippen molar-refractivity contribution in [2.24, 2.45) is 0 Å². The number of benzene rings is 4. The third kappa shape index (κ3) is 4.70. The molecule has 3 atom stereocenters. The number of hydrogen-bond acceptors (Lipinski definition) is 7. The molecule has 0 aromatic heterocycles. The minimum Gasteiger partial charge on any atom is -0.398 e. The molecule has 10 heteroatoms. The van der Waals surface area contributed by atoms with Gasteiger partial charge in [-0.3, -0.25) is 0 Å². The summed E-state index contributed by atoms with van der Waals surface area (Å²) in [5.41, 5.74) is 16.9. The number of anilines is 2. The highest BCUT2D eigenvalue weighted by atomic mass is 32.2. The lowest BCUT2D eigenvalue weighted by molar-refractivity contribution is 0.576. The molecule has 0 spiro atoms. The lowest BCUT2D eigenvalue weighted by Crippen LogP contribution is -2.37. The van der Waals surface area contributed by atoms with E-state index in [4.69, 9.17) is 11.5 Å². The molecule has 2 aliphatic rings. The second-order valence-electron chi connectivity index (χ2n) is 13.5. The molecule has 6 nitrogen and oxygen atoms in total. The fraction of sp³-hybridized carbons (Fsp3) is 0.333. The van der Waals surface area contributed by atoms with Crippen molar-refractivity contribution in [3.05, 3.63) is 83.4 Å². The van der Waals surface area contributed by atoms with Crippen molar-refractivity contribution in [2.75, 3.05) is 11.5 Å². The van der Waals surface area contributed by atoms with E-state index in [1.165, 1.54) is 6.07 Å². The summed E-state index contributed by atoms with van der Waals surface area (Å²) >= 11 is 1.61. The number of rotatable bonds is 6. The SMILES string of the molecule is CC(C)c1ccc2c(c1N)P(=O)(C(C)C)c1ccc(CC(C)c3ccc4c(c3N)P(=O)(C(C)C)c3ccccc3S4(=O)=O)cc1S2. The standard InChI is InChI=1S/C36H42N2O4P2S2/c1-20(2)25-13-16-29-35(33(25)37)43(39,21(3)4)27-15-12-24(19-30(27)45-29)18-23(7)26-14-17-32-36(34(26)38)44(40,22(5)6)28-10-8-9-11-31(28)46(32,41)42/h8-17,19-23H,18,37-38H2,1-7H3. The van der Waals surface area contributed by atoms with Crippen molar-refractivity contribution < 1.29 is 17.5 Å². The first-order valence-electron chi connectivity index (χ1n) is 15.8. The van der Waals surface area contributed by atoms with Crippen molar-refractivity contribution >= 4 is 68.5 Å². The van der Waals surface area contributed by atoms with E-state index in [1.807, 2.05) is 39.8 Å². The first-order chi connectivity index (χ1) is 21.6. The van der Waals surface area contributed by atoms with E-state index in [9.17, 15) is 17.5 Å². The summed E-state index contributed by atoms with van der Waals surface area (Å²) in [6, 6.07) is 20.3. The number of nitrogen functional groups attached to an aromatic ring is 2. The molecule has 3 unspecified atom stereocenters. The van der Waals surface area contributed by atoms with Crippen LogP contribution in [0.4, 0.5) is 11.4 Å². The summed E-state index contributed by atoms with van der Waals surface area (Å²) in [6.07, 6.45) is 0.611. The first kappa shape index (κ1) is 33.2. The number of nitrogens with two attached hydrogens (primary N) is 2. The van der Waals surface area contributed by atoms with Gasteiger partial charge in [0, 0.05) is 43.1 Å². The Bertz CT molecular complexity index is 2120. The minimum absolute atomic E-state index is 0.0462. The Kier molecular flexibility index (Phi) is 8.25. The van der Waals surface area contributed by atoms with Crippen molar-refractivity contribution in [1.29, 1.82) is 0 Å². The van der Waals surface area contributed by atoms with Crippen LogP contribution in [0.1, 0.15) is 77.0 Å². The number of fused-ring (bicyclic) bond motifs is 4. The number of hydrogen-bond donors (Lipinski definition) is 2. The van der Waals surface area contributed by atoms with E-state index in [-0.39, 0.29) is 38.2 Å². The maximum Gasteiger partial charge on any atom is 0.208 e. The number of sulfone groups is 1. The van der Waals surface area contributed by atoms with Gasteiger partial charge in [-0.2, -0.15) is 0 Å². The summed E-state index contributed by atoms with van der Waals surface area (Å²) in [5.74, 6) is 0.118. The van der Waals surface area contributed by atoms with Crippen molar-refractivity contribution in [2.45, 2.75) is 97.6 Å². The van der Waals surface area contributed by atoms with Crippen LogP contribution in [0.25, 0.3) is 0 Å². The van der Waals surface area contributed by atoms with E-state index in [0.29, 0.717) is 23.1 Å². The van der Waals surface area contributed by atoms with Crippen LogP contribution in [0.15, 0.2) is 86.3 Å². The molecular weight excluding hydrogens is 650 g/mol. The van der Waals surface area contributed by atoms with Gasteiger partial charge in [-0.25, -0.2) is 8.42 Å². The molecule has 0 radical (unpaired) electrons. The zero-order chi connectivity index (χ0) is 33.5. The fourth-order valence-electron chi connectivity index (χ4n) is 7.14. The average molecular weight is 693 g/mol. The van der Waals surface area contributed by atoms with Crippen LogP contribution in [0.5, 0.6) is 0 Å². The molecule has 0 aliphatic carbocycles. The lowest BCUT2D eigenvalue weighted by atomic mass is 9.92. The molecule has 0 saturated carbocycles. The highest BCUT2D eigenvalue weighted by Gasteiger charge is 2.47. The normalized spacial score (nSPS) is 21.9. The van der Waals surface area contributed by atoms with Gasteiger partial charge in [0.2, 0.25) is 9.84 Å². The molecule has 4 N–H and O–H groups in total. The molecule has 0 fully saturated rings. The van der Waals surface area contributed by atoms with Crippen molar-refractivity contribution in [3.8, 4) is 0 Å². The quantitative estimate of drug-likeness (QED) is 0.160. The average Bonchev–Trinajstić information content (AvgIpc) is 2.99. The second-order valence-corrected chi connectivity index (χ2v) is 23.0. The Morgan fingerprint density at radius 3 is 1.93 bits per heavy atom. The highest BCUT2D eigenvalue weighted by molar-refractivity contribution is 8.02. The topological polar surface area (TPSA) is 120 Å². The van der Waals surface area contributed by atoms with E-state index >= 15 is 0 Å². The van der Waals surface area contributed by atoms with E-state index < -0.39 is 24.1 Å². The maximum atomic E-state index is 15.0. The fourth-order valence-corrected chi connectivity index (χ4v) is 18.0. The summed E-state index contributed by atoms with van der Waals surface area (Å²) in [4.78, 5) is 2.07. The van der Waals surface area contributed by atoms with Gasteiger partial charge in [0.25, 0.3) is 0 Å². The van der Waals surface area contributed by atoms with E-state index in [0.717, 1.165) is 37.1 Å². The first-order valence-corrected chi connectivity index (χ1v) is 21.6. The summed E-state index contributed by atoms with van der Waals surface area (Å²) in [6.45, 7) is 14.0. The molecule has 242 valence electrons. The van der Waals surface area contributed by atoms with Crippen LogP contribution in [0.2, 0.25) is 0 Å². The smallest absolute Gasteiger partial charge is 0.208 e. The summed E-state index contributed by atoms with van der Waals surface area (Å²) in [7, 11) is -10.3. The van der Waals surface area contributed by atoms with Crippen LogP contribution >= 0.6 is 26.0 Å². The van der Waals surface area contributed by atoms with Gasteiger partial charge >= 0.3 is 0 Å². The monoisotopic (exact) mass is 692 g/mol. The largest absolute Gasteiger partial charge is 0.398 e. The Morgan fingerprint density at radius 2 is 1.28 bits per heavy atom. The lowest BCUT2D eigenvalue weighted by Gasteiger charge is -2.34. The maximum absolute atomic E-state index is 15.0. The molecule has 2 aliphatic heterocycles. The Hall–Kier alpha value is -2.76. The van der Waals surface area contributed by atoms with Gasteiger partial charge in [-0.15, -0.1) is 0 Å². The zero-order valence-electron chi connectivity index (χ0n) is 27.4. The van der Waals surface area contributed by atoms with Gasteiger partial charge in [0.05, 0.1) is 20.4 Å². The molecule has 4 aromatic carbocycles. The molecule has 0 amide bonds. The van der Waals surface area contributed by atoms with Gasteiger partial charge < -0.3 is 20.6 Å². The minimum atomic E-state index is -3.88. The van der Waals surface area contributed by atoms with Gasteiger partial charge in [0.1, 0.15) is 14.3 Å². The van der Waals surface area contributed by atoms with Crippen LogP contribution in [-0.2, 0) is 25.4 Å². The van der Waals surface area contributed by atoms with Crippen LogP contribution in [-0.4, -0.2) is 19.7 Å². The molecule has 6 rings (SSSR count). The molecular formula is C36H42N2O4P2S2. The predicted molar refractivity (Wildman–Crippen MR) is 194 cm³/mol. The molecule has 46 heavy (non-hydrogen) atoms. The van der Waals surface area contributed by atoms with Gasteiger partial charge in [-0.05, 0) is 71.3 Å². The van der Waals surface area contributed by atoms with Gasteiger partial charge in [-0.1, -0.05) is 90.6 Å². The van der Waals surface area contributed by atoms with Crippen molar-refractivity contribution in [3.63, 3.8) is 0 Å². The molecule has 0 saturated heterocycles. The third-order valence-corrected chi connectivity index (χ3v) is 20.6. The summed E-state index contributed by atoms with van der Waals surface area (Å²) in [5, 5.41) is 2.26. The van der Waals surface area contributed by atoms with E-state index in [2.05, 4.69) is 39.0 Å². The van der Waals surface area contributed by atoms with Gasteiger partial charge in [0.15, 0.2) is 0 Å². The molecule has 0 bridgehead atoms. The molecule has 2 heterocycles. The van der Waals surface area contributed by atoms with Crippen LogP contribution in [0.3, 0.4) is 0 Å². The Labute approximate surface area is 277 Å². The highest BCUT2D eigenvalue weighted by Crippen LogP contribution is 2.59. The van der Waals surface area contributed by atoms with Crippen molar-refractivity contribution in [1.82, 2.24) is 0 Å². The van der Waals surface area contributed by atoms with Crippen LogP contribution < -0.4 is 32.7 Å². The van der Waals surface area contributed by atoms with Crippen LogP contribution in [0, 0.1) is 0 Å². The molecule has 4 aromatic rings. The Balaban J connectivity index is 1.41. The van der Waals surface area contributed by atoms with E-state index in [1.54, 1.807) is 42.1 Å². The predicted octanol–water partition coefficient (Wildman–Crippen LogP) is 7.38. The summed E-state index contributed by atoms with van der Waals surface area (Å²) < 4.78 is 57.3. The third-order valence-electron chi connectivity index (χ3n) is 9.65. The Morgan fingerprint density at radius 1 is 0.674 bits per heavy atom.